The summed E-state index contributed by atoms with van der Waals surface area (Å²) in [5, 5.41) is 15.3. The van der Waals surface area contributed by atoms with E-state index in [0.29, 0.717) is 5.02 Å². The Balaban J connectivity index is 2.32. The fourth-order valence-electron chi connectivity index (χ4n) is 1.77. The van der Waals surface area contributed by atoms with Crippen LogP contribution in [-0.2, 0) is 4.79 Å². The molecule has 2 atom stereocenters. The summed E-state index contributed by atoms with van der Waals surface area (Å²) >= 11 is 6.06. The third-order valence-electron chi connectivity index (χ3n) is 2.59. The van der Waals surface area contributed by atoms with Crippen molar-refractivity contribution in [2.75, 3.05) is 11.9 Å². The van der Waals surface area contributed by atoms with Crippen LogP contribution >= 0.6 is 11.6 Å². The first-order valence-corrected chi connectivity index (χ1v) is 5.47. The molecule has 3 N–H and O–H groups in total. The van der Waals surface area contributed by atoms with Gasteiger partial charge in [0.1, 0.15) is 6.04 Å². The average molecular weight is 241 g/mol. The van der Waals surface area contributed by atoms with Crippen molar-refractivity contribution in [3.05, 3.63) is 28.8 Å². The second-order valence-electron chi connectivity index (χ2n) is 3.87. The lowest BCUT2D eigenvalue weighted by molar-refractivity contribution is -0.117. The molecule has 1 aromatic rings. The van der Waals surface area contributed by atoms with Crippen LogP contribution in [0, 0.1) is 0 Å². The summed E-state index contributed by atoms with van der Waals surface area (Å²) in [6, 6.07) is 4.71. The molecule has 5 heteroatoms. The van der Waals surface area contributed by atoms with Crippen molar-refractivity contribution in [1.82, 2.24) is 5.32 Å². The number of rotatable bonds is 3. The molecule has 0 bridgehead atoms. The van der Waals surface area contributed by atoms with E-state index in [-0.39, 0.29) is 18.6 Å². The smallest absolute Gasteiger partial charge is 0.246 e. The van der Waals surface area contributed by atoms with E-state index in [1.807, 2.05) is 13.0 Å². The van der Waals surface area contributed by atoms with Crippen LogP contribution in [0.1, 0.15) is 18.5 Å². The lowest BCUT2D eigenvalue weighted by Gasteiger charge is -2.16. The van der Waals surface area contributed by atoms with Gasteiger partial charge in [0.2, 0.25) is 5.91 Å². The van der Waals surface area contributed by atoms with Crippen molar-refractivity contribution in [2.24, 2.45) is 0 Å². The van der Waals surface area contributed by atoms with Crippen molar-refractivity contribution in [2.45, 2.75) is 19.0 Å². The van der Waals surface area contributed by atoms with E-state index >= 15 is 0 Å². The van der Waals surface area contributed by atoms with Crippen LogP contribution in [0.4, 0.5) is 5.69 Å². The molecule has 16 heavy (non-hydrogen) atoms. The Bertz CT molecular complexity index is 422. The normalized spacial score (nSPS) is 20.4. The molecular formula is C11H13ClN2O2. The number of amides is 1. The molecule has 1 amide bonds. The monoisotopic (exact) mass is 240 g/mol. The van der Waals surface area contributed by atoms with Crippen LogP contribution in [0.5, 0.6) is 0 Å². The number of fused-ring (bicyclic) bond motifs is 1. The summed E-state index contributed by atoms with van der Waals surface area (Å²) in [7, 11) is 0. The third-order valence-corrected chi connectivity index (χ3v) is 2.92. The maximum absolute atomic E-state index is 11.7. The summed E-state index contributed by atoms with van der Waals surface area (Å²) in [4.78, 5) is 11.7. The minimum absolute atomic E-state index is 0.0242. The second kappa shape index (κ2) is 4.41. The first-order valence-electron chi connectivity index (χ1n) is 5.09. The Morgan fingerprint density at radius 3 is 3.06 bits per heavy atom. The fourth-order valence-corrected chi connectivity index (χ4v) is 2.06. The van der Waals surface area contributed by atoms with Crippen molar-refractivity contribution < 1.29 is 9.90 Å². The molecule has 86 valence electrons. The van der Waals surface area contributed by atoms with Gasteiger partial charge in [-0.1, -0.05) is 17.7 Å². The fraction of sp³-hybridized carbons (Fsp3) is 0.364. The number of carbonyl (C=O) groups excluding carboxylic acids is 1. The molecule has 0 spiro atoms. The summed E-state index contributed by atoms with van der Waals surface area (Å²) in [6.07, 6.45) is 0. The van der Waals surface area contributed by atoms with E-state index in [1.54, 1.807) is 12.1 Å². The minimum atomic E-state index is -0.481. The van der Waals surface area contributed by atoms with Gasteiger partial charge in [-0.05, 0) is 19.1 Å². The van der Waals surface area contributed by atoms with E-state index in [4.69, 9.17) is 16.7 Å². The lowest BCUT2D eigenvalue weighted by atomic mass is 10.1. The van der Waals surface area contributed by atoms with Gasteiger partial charge in [0.05, 0.1) is 6.61 Å². The molecule has 0 radical (unpaired) electrons. The van der Waals surface area contributed by atoms with Crippen LogP contribution in [0.25, 0.3) is 0 Å². The molecule has 1 aromatic carbocycles. The van der Waals surface area contributed by atoms with E-state index < -0.39 is 6.04 Å². The highest BCUT2D eigenvalue weighted by atomic mass is 35.5. The number of hydrogen-bond acceptors (Lipinski definition) is 3. The molecule has 2 unspecified atom stereocenters. The van der Waals surface area contributed by atoms with Gasteiger partial charge in [0.25, 0.3) is 0 Å². The summed E-state index contributed by atoms with van der Waals surface area (Å²) < 4.78 is 0. The minimum Gasteiger partial charge on any atom is -0.395 e. The van der Waals surface area contributed by atoms with Gasteiger partial charge in [0, 0.05) is 22.3 Å². The third kappa shape index (κ3) is 1.91. The Morgan fingerprint density at radius 2 is 2.38 bits per heavy atom. The number of aliphatic hydroxyl groups excluding tert-OH is 1. The molecule has 2 rings (SSSR count). The van der Waals surface area contributed by atoms with E-state index in [1.165, 1.54) is 0 Å². The van der Waals surface area contributed by atoms with Crippen molar-refractivity contribution in [3.63, 3.8) is 0 Å². The van der Waals surface area contributed by atoms with Gasteiger partial charge in [-0.3, -0.25) is 10.1 Å². The molecule has 1 aliphatic rings. The van der Waals surface area contributed by atoms with E-state index in [9.17, 15) is 4.79 Å². The summed E-state index contributed by atoms with van der Waals surface area (Å²) in [5.74, 6) is -0.136. The maximum Gasteiger partial charge on any atom is 0.246 e. The van der Waals surface area contributed by atoms with Gasteiger partial charge in [-0.15, -0.1) is 0 Å². The van der Waals surface area contributed by atoms with Gasteiger partial charge >= 0.3 is 0 Å². The number of halogens is 1. The SMILES string of the molecule is CC(CO)NC1C(=O)Nc2cccc(Cl)c21. The number of nitrogens with one attached hydrogen (secondary N) is 2. The highest BCUT2D eigenvalue weighted by Crippen LogP contribution is 2.36. The zero-order valence-electron chi connectivity index (χ0n) is 8.83. The van der Waals surface area contributed by atoms with Gasteiger partial charge in [-0.25, -0.2) is 0 Å². The van der Waals surface area contributed by atoms with Crippen LogP contribution in [0.15, 0.2) is 18.2 Å². The zero-order valence-corrected chi connectivity index (χ0v) is 9.58. The molecular weight excluding hydrogens is 228 g/mol. The Labute approximate surface area is 98.6 Å². The molecule has 0 saturated heterocycles. The quantitative estimate of drug-likeness (QED) is 0.747. The van der Waals surface area contributed by atoms with Crippen LogP contribution in [0.2, 0.25) is 5.02 Å². The lowest BCUT2D eigenvalue weighted by Crippen LogP contribution is -2.36. The second-order valence-corrected chi connectivity index (χ2v) is 4.28. The molecule has 0 fully saturated rings. The molecule has 1 aliphatic heterocycles. The molecule has 1 heterocycles. The molecule has 0 saturated carbocycles. The van der Waals surface area contributed by atoms with E-state index in [2.05, 4.69) is 10.6 Å². The van der Waals surface area contributed by atoms with Crippen molar-refractivity contribution >= 4 is 23.2 Å². The summed E-state index contributed by atoms with van der Waals surface area (Å²) in [5.41, 5.74) is 1.50. The first kappa shape index (κ1) is 11.4. The number of aliphatic hydroxyl groups is 1. The maximum atomic E-state index is 11.7. The predicted octanol–water partition coefficient (Wildman–Crippen LogP) is 1.30. The Morgan fingerprint density at radius 1 is 1.62 bits per heavy atom. The number of carbonyl (C=O) groups is 1. The van der Waals surface area contributed by atoms with Crippen LogP contribution in [-0.4, -0.2) is 23.7 Å². The highest BCUT2D eigenvalue weighted by molar-refractivity contribution is 6.32. The largest absolute Gasteiger partial charge is 0.395 e. The highest BCUT2D eigenvalue weighted by Gasteiger charge is 2.32. The molecule has 0 aromatic heterocycles. The first-order chi connectivity index (χ1) is 7.63. The zero-order chi connectivity index (χ0) is 11.7. The number of anilines is 1. The van der Waals surface area contributed by atoms with Crippen molar-refractivity contribution in [1.29, 1.82) is 0 Å². The topological polar surface area (TPSA) is 61.4 Å². The molecule has 0 aliphatic carbocycles. The van der Waals surface area contributed by atoms with Crippen LogP contribution < -0.4 is 10.6 Å². The van der Waals surface area contributed by atoms with Crippen LogP contribution in [0.3, 0.4) is 0 Å². The Kier molecular flexibility index (Phi) is 3.14. The summed E-state index contributed by atoms with van der Waals surface area (Å²) in [6.45, 7) is 1.78. The van der Waals surface area contributed by atoms with Gasteiger partial charge in [0.15, 0.2) is 0 Å². The average Bonchev–Trinajstić information content (AvgIpc) is 2.56. The standard InChI is InChI=1S/C11H13ClN2O2/c1-6(5-15)13-10-9-7(12)3-2-4-8(9)14-11(10)16/h2-4,6,10,13,15H,5H2,1H3,(H,14,16). The van der Waals surface area contributed by atoms with Crippen molar-refractivity contribution in [3.8, 4) is 0 Å². The molecule has 4 nitrogen and oxygen atoms in total. The number of benzene rings is 1. The number of hydrogen-bond donors (Lipinski definition) is 3. The Hall–Kier alpha value is -1.10. The van der Waals surface area contributed by atoms with E-state index in [0.717, 1.165) is 11.3 Å². The van der Waals surface area contributed by atoms with Gasteiger partial charge < -0.3 is 10.4 Å². The predicted molar refractivity (Wildman–Crippen MR) is 62.5 cm³/mol. The van der Waals surface area contributed by atoms with Gasteiger partial charge in [-0.2, -0.15) is 0 Å².